The third kappa shape index (κ3) is 5.82. The van der Waals surface area contributed by atoms with Crippen LogP contribution in [-0.4, -0.2) is 80.7 Å². The molecule has 0 saturated heterocycles. The highest BCUT2D eigenvalue weighted by atomic mass is 79.9. The van der Waals surface area contributed by atoms with Gasteiger partial charge < -0.3 is 9.42 Å². The van der Waals surface area contributed by atoms with Gasteiger partial charge >= 0.3 is 47.6 Å². The van der Waals surface area contributed by atoms with E-state index in [2.05, 4.69) is 4.52 Å². The lowest BCUT2D eigenvalue weighted by molar-refractivity contribution is -0.461. The van der Waals surface area contributed by atoms with Gasteiger partial charge in [0.05, 0.1) is 6.61 Å². The number of halogens is 18. The van der Waals surface area contributed by atoms with Crippen LogP contribution in [0.1, 0.15) is 27.7 Å². The molecule has 0 aromatic rings. The van der Waals surface area contributed by atoms with E-state index >= 15 is 0 Å². The average molecular weight is 690 g/mol. The van der Waals surface area contributed by atoms with Crippen molar-refractivity contribution in [3.05, 3.63) is 0 Å². The van der Waals surface area contributed by atoms with E-state index in [0.717, 1.165) is 4.67 Å². The predicted molar refractivity (Wildman–Crippen MR) is 101 cm³/mol. The van der Waals surface area contributed by atoms with E-state index in [-0.39, 0.29) is 0 Å². The normalized spacial score (nSPS) is 17.5. The molecule has 2 unspecified atom stereocenters. The van der Waals surface area contributed by atoms with Crippen molar-refractivity contribution in [3.8, 4) is 0 Å². The van der Waals surface area contributed by atoms with Gasteiger partial charge in [0.15, 0.2) is 0 Å². The van der Waals surface area contributed by atoms with Crippen molar-refractivity contribution in [2.24, 2.45) is 0 Å². The van der Waals surface area contributed by atoms with Crippen LogP contribution in [0.25, 0.3) is 0 Å². The standard InChI is InChI=1S/C16H18BrF17NO2P/c1-6(2)35(7(3)4)38(36)37-5-8(17)9(18,19)10(20,21)11(22,23)12(24,25)13(26,27)14(28,29)15(30,31)16(32,33)34/h6-8,36H,5H2,1-4H3. The largest absolute Gasteiger partial charge is 0.460 e. The summed E-state index contributed by atoms with van der Waals surface area (Å²) in [7, 11) is -2.97. The second kappa shape index (κ2) is 11.1. The monoisotopic (exact) mass is 689 g/mol. The highest BCUT2D eigenvalue weighted by molar-refractivity contribution is 9.09. The smallest absolute Gasteiger partial charge is 0.338 e. The number of nitrogens with zero attached hydrogens (tertiary/aromatic N) is 1. The lowest BCUT2D eigenvalue weighted by Gasteiger charge is -2.43. The van der Waals surface area contributed by atoms with Gasteiger partial charge in [-0.15, -0.1) is 0 Å². The number of alkyl halides is 18. The van der Waals surface area contributed by atoms with Gasteiger partial charge in [-0.25, -0.2) is 4.67 Å². The van der Waals surface area contributed by atoms with Gasteiger partial charge in [0.2, 0.25) is 0 Å². The van der Waals surface area contributed by atoms with E-state index < -0.39 is 79.7 Å². The van der Waals surface area contributed by atoms with Crippen LogP contribution in [0, 0.1) is 0 Å². The molecule has 0 fully saturated rings. The Morgan fingerprint density at radius 3 is 1.18 bits per heavy atom. The molecule has 0 bridgehead atoms. The molecule has 0 amide bonds. The van der Waals surface area contributed by atoms with Crippen molar-refractivity contribution in [1.82, 2.24) is 4.67 Å². The van der Waals surface area contributed by atoms with Crippen molar-refractivity contribution in [3.63, 3.8) is 0 Å². The zero-order chi connectivity index (χ0) is 31.3. The molecule has 0 radical (unpaired) electrons. The molecule has 0 aliphatic heterocycles. The molecule has 0 saturated carbocycles. The Labute approximate surface area is 212 Å². The Morgan fingerprint density at radius 2 is 0.895 bits per heavy atom. The third-order valence-corrected chi connectivity index (χ3v) is 7.27. The van der Waals surface area contributed by atoms with E-state index in [9.17, 15) is 79.5 Å². The summed E-state index contributed by atoms with van der Waals surface area (Å²) in [6.07, 6.45) is -7.81. The maximum Gasteiger partial charge on any atom is 0.460 e. The first-order chi connectivity index (χ1) is 16.3. The molecule has 0 aromatic carbocycles. The minimum absolute atomic E-state index is 0.622. The summed E-state index contributed by atoms with van der Waals surface area (Å²) < 4.78 is 232. The van der Waals surface area contributed by atoms with Crippen LogP contribution in [0.4, 0.5) is 74.6 Å². The van der Waals surface area contributed by atoms with E-state index in [4.69, 9.17) is 0 Å². The molecule has 0 spiro atoms. The van der Waals surface area contributed by atoms with E-state index in [0.29, 0.717) is 0 Å². The molecule has 0 rings (SSSR count). The molecule has 0 aliphatic rings. The maximum atomic E-state index is 14.2. The molecule has 3 nitrogen and oxygen atoms in total. The fourth-order valence-corrected chi connectivity index (χ4v) is 4.50. The average Bonchev–Trinajstić information content (AvgIpc) is 2.69. The summed E-state index contributed by atoms with van der Waals surface area (Å²) in [6, 6.07) is -1.24. The van der Waals surface area contributed by atoms with Crippen molar-refractivity contribution >= 4 is 24.5 Å². The molecule has 2 atom stereocenters. The van der Waals surface area contributed by atoms with Crippen LogP contribution in [0.3, 0.4) is 0 Å². The summed E-state index contributed by atoms with van der Waals surface area (Å²) in [5.41, 5.74) is 0. The summed E-state index contributed by atoms with van der Waals surface area (Å²) in [4.78, 5) is 6.32. The summed E-state index contributed by atoms with van der Waals surface area (Å²) in [5, 5.41) is 0. The number of rotatable bonds is 13. The minimum atomic E-state index is -8.69. The summed E-state index contributed by atoms with van der Waals surface area (Å²) >= 11 is 1.64. The Morgan fingerprint density at radius 1 is 0.605 bits per heavy atom. The second-order valence-corrected chi connectivity index (χ2v) is 10.5. The van der Waals surface area contributed by atoms with Gasteiger partial charge in [0, 0.05) is 12.1 Å². The van der Waals surface area contributed by atoms with Crippen LogP contribution >= 0.6 is 24.5 Å². The Hall–Kier alpha value is -0.400. The van der Waals surface area contributed by atoms with Crippen molar-refractivity contribution in [1.29, 1.82) is 0 Å². The Bertz CT molecular complexity index is 797. The van der Waals surface area contributed by atoms with Gasteiger partial charge in [-0.05, 0) is 27.7 Å². The quantitative estimate of drug-likeness (QED) is 0.121. The molecular weight excluding hydrogens is 672 g/mol. The van der Waals surface area contributed by atoms with E-state index in [1.807, 2.05) is 0 Å². The summed E-state index contributed by atoms with van der Waals surface area (Å²) in [6.45, 7) is 3.68. The number of hydrogen-bond acceptors (Lipinski definition) is 3. The molecule has 38 heavy (non-hydrogen) atoms. The van der Waals surface area contributed by atoms with Gasteiger partial charge in [-0.1, -0.05) is 15.9 Å². The first-order valence-corrected chi connectivity index (χ1v) is 11.7. The Balaban J connectivity index is 6.41. The van der Waals surface area contributed by atoms with Crippen LogP contribution in [0.15, 0.2) is 0 Å². The molecule has 1 N–H and O–H groups in total. The molecule has 0 heterocycles. The molecule has 0 aromatic heterocycles. The van der Waals surface area contributed by atoms with Crippen molar-refractivity contribution < 1.29 is 84.1 Å². The summed E-state index contributed by atoms with van der Waals surface area (Å²) in [5.74, 6) is -57.0. The van der Waals surface area contributed by atoms with Crippen molar-refractivity contribution in [2.75, 3.05) is 6.61 Å². The lowest BCUT2D eigenvalue weighted by Crippen LogP contribution is -2.75. The Kier molecular flexibility index (Phi) is 11.0. The van der Waals surface area contributed by atoms with Gasteiger partial charge in [-0.3, -0.25) is 0 Å². The second-order valence-electron chi connectivity index (χ2n) is 8.15. The molecular formula is C16H18BrF17NO2P. The lowest BCUT2D eigenvalue weighted by atomic mass is 9.88. The first kappa shape index (κ1) is 37.6. The predicted octanol–water partition coefficient (Wildman–Crippen LogP) is 8.11. The zero-order valence-electron chi connectivity index (χ0n) is 19.0. The van der Waals surface area contributed by atoms with Crippen LogP contribution < -0.4 is 0 Å². The maximum absolute atomic E-state index is 14.2. The highest BCUT2D eigenvalue weighted by Crippen LogP contribution is 2.64. The molecule has 230 valence electrons. The van der Waals surface area contributed by atoms with E-state index in [1.165, 1.54) is 27.7 Å². The van der Waals surface area contributed by atoms with Crippen LogP contribution in [0.2, 0.25) is 0 Å². The number of hydrogen-bond donors (Lipinski definition) is 1. The topological polar surface area (TPSA) is 32.7 Å². The van der Waals surface area contributed by atoms with Gasteiger partial charge in [-0.2, -0.15) is 74.6 Å². The molecule has 22 heteroatoms. The van der Waals surface area contributed by atoms with Gasteiger partial charge in [0.1, 0.15) is 4.83 Å². The van der Waals surface area contributed by atoms with Gasteiger partial charge in [0.25, 0.3) is 8.53 Å². The fourth-order valence-electron chi connectivity index (χ4n) is 2.67. The fraction of sp³-hybridized carbons (Fsp3) is 1.00. The SMILES string of the molecule is CC(C)N(C(C)C)P(O)OCC(Br)C(F)(F)C(F)(F)C(F)(F)C(F)(F)C(F)(F)C(F)(F)C(F)(F)C(F)(F)F. The minimum Gasteiger partial charge on any atom is -0.338 e. The molecule has 0 aliphatic carbocycles. The first-order valence-electron chi connectivity index (χ1n) is 9.57. The van der Waals surface area contributed by atoms with E-state index in [1.54, 1.807) is 15.9 Å². The van der Waals surface area contributed by atoms with Crippen LogP contribution in [-0.2, 0) is 4.52 Å². The third-order valence-electron chi connectivity index (χ3n) is 4.73. The highest BCUT2D eigenvalue weighted by Gasteiger charge is 2.95. The zero-order valence-corrected chi connectivity index (χ0v) is 21.5. The van der Waals surface area contributed by atoms with Crippen molar-refractivity contribution in [2.45, 2.75) is 92.2 Å². The van der Waals surface area contributed by atoms with Crippen LogP contribution in [0.5, 0.6) is 0 Å².